The normalized spacial score (nSPS) is 13.2. The van der Waals surface area contributed by atoms with Crippen LogP contribution in [0.3, 0.4) is 0 Å². The van der Waals surface area contributed by atoms with Gasteiger partial charge in [0.1, 0.15) is 12.4 Å². The molecule has 24 heavy (non-hydrogen) atoms. The van der Waals surface area contributed by atoms with Gasteiger partial charge in [-0.3, -0.25) is 9.69 Å². The van der Waals surface area contributed by atoms with Gasteiger partial charge in [-0.05, 0) is 35.0 Å². The van der Waals surface area contributed by atoms with Crippen molar-refractivity contribution >= 4 is 17.5 Å². The molecule has 0 bridgehead atoms. The van der Waals surface area contributed by atoms with Gasteiger partial charge >= 0.3 is 5.82 Å². The topological polar surface area (TPSA) is 94.8 Å². The number of hydrogen-bond acceptors (Lipinski definition) is 6. The van der Waals surface area contributed by atoms with Crippen molar-refractivity contribution in [2.24, 2.45) is 0 Å². The third kappa shape index (κ3) is 3.27. The maximum absolute atomic E-state index is 12.1. The first-order valence-corrected chi connectivity index (χ1v) is 7.32. The van der Waals surface area contributed by atoms with Crippen molar-refractivity contribution in [2.75, 3.05) is 24.7 Å². The largest absolute Gasteiger partial charge is 0.492 e. The minimum Gasteiger partial charge on any atom is -0.492 e. The Morgan fingerprint density at radius 1 is 1.29 bits per heavy atom. The Morgan fingerprint density at radius 2 is 2.04 bits per heavy atom. The van der Waals surface area contributed by atoms with Gasteiger partial charge in [0.2, 0.25) is 0 Å². The average Bonchev–Trinajstić information content (AvgIpc) is 2.58. The second kappa shape index (κ2) is 6.53. The second-order valence-corrected chi connectivity index (χ2v) is 5.24. The van der Waals surface area contributed by atoms with Crippen molar-refractivity contribution in [1.82, 2.24) is 4.98 Å². The highest BCUT2D eigenvalue weighted by atomic mass is 16.6. The fourth-order valence-corrected chi connectivity index (χ4v) is 2.29. The standard InChI is InChI=1S/C16H15N3O5/c1-11-2-4-12(5-3-11)23-9-8-18-15(20)10-24-13-6-7-14(19(21)22)17-16(13)18/h2-7H,8-10H2,1H3. The number of fused-ring (bicyclic) bond motifs is 1. The second-order valence-electron chi connectivity index (χ2n) is 5.24. The summed E-state index contributed by atoms with van der Waals surface area (Å²) in [4.78, 5) is 27.6. The maximum Gasteiger partial charge on any atom is 0.366 e. The molecule has 8 heteroatoms. The smallest absolute Gasteiger partial charge is 0.366 e. The molecule has 0 radical (unpaired) electrons. The Kier molecular flexibility index (Phi) is 4.28. The molecule has 0 spiro atoms. The number of amides is 1. The summed E-state index contributed by atoms with van der Waals surface area (Å²) in [6.07, 6.45) is 0. The zero-order chi connectivity index (χ0) is 17.1. The summed E-state index contributed by atoms with van der Waals surface area (Å²) < 4.78 is 10.9. The molecule has 2 aromatic rings. The number of aryl methyl sites for hydroxylation is 1. The predicted molar refractivity (Wildman–Crippen MR) is 85.4 cm³/mol. The van der Waals surface area contributed by atoms with Crippen molar-refractivity contribution < 1.29 is 19.2 Å². The summed E-state index contributed by atoms with van der Waals surface area (Å²) >= 11 is 0. The van der Waals surface area contributed by atoms with Gasteiger partial charge in [0.25, 0.3) is 11.7 Å². The number of carbonyl (C=O) groups is 1. The Bertz CT molecular complexity index is 776. The van der Waals surface area contributed by atoms with Gasteiger partial charge in [-0.2, -0.15) is 0 Å². The number of pyridine rings is 1. The lowest BCUT2D eigenvalue weighted by molar-refractivity contribution is -0.389. The van der Waals surface area contributed by atoms with Crippen molar-refractivity contribution in [1.29, 1.82) is 0 Å². The molecule has 1 aliphatic heterocycles. The molecule has 2 heterocycles. The summed E-state index contributed by atoms with van der Waals surface area (Å²) in [6.45, 7) is 2.30. The van der Waals surface area contributed by atoms with Gasteiger partial charge in [-0.25, -0.2) is 0 Å². The molecule has 0 unspecified atom stereocenters. The van der Waals surface area contributed by atoms with Crippen LogP contribution in [0.25, 0.3) is 0 Å². The van der Waals surface area contributed by atoms with E-state index in [0.717, 1.165) is 5.56 Å². The van der Waals surface area contributed by atoms with E-state index >= 15 is 0 Å². The zero-order valence-electron chi connectivity index (χ0n) is 13.0. The highest BCUT2D eigenvalue weighted by molar-refractivity contribution is 5.96. The number of rotatable bonds is 5. The molecule has 1 amide bonds. The molecule has 1 aromatic carbocycles. The number of nitro groups is 1. The highest BCUT2D eigenvalue weighted by Gasteiger charge is 2.32. The van der Waals surface area contributed by atoms with Crippen LogP contribution < -0.4 is 14.4 Å². The lowest BCUT2D eigenvalue weighted by atomic mass is 10.2. The van der Waals surface area contributed by atoms with Gasteiger partial charge in [0.15, 0.2) is 12.4 Å². The minimum atomic E-state index is -0.611. The SMILES string of the molecule is Cc1ccc(OCCN2C(=O)COc3ccc([N+](=O)[O-])nc32)cc1. The number of benzene rings is 1. The van der Waals surface area contributed by atoms with E-state index in [-0.39, 0.29) is 37.3 Å². The predicted octanol–water partition coefficient (Wildman–Crippen LogP) is 2.10. The highest BCUT2D eigenvalue weighted by Crippen LogP contribution is 2.31. The monoisotopic (exact) mass is 329 g/mol. The zero-order valence-corrected chi connectivity index (χ0v) is 13.0. The first-order chi connectivity index (χ1) is 11.5. The van der Waals surface area contributed by atoms with Gasteiger partial charge < -0.3 is 19.6 Å². The molecule has 0 saturated carbocycles. The molecule has 124 valence electrons. The summed E-state index contributed by atoms with van der Waals surface area (Å²) in [5.41, 5.74) is 1.12. The van der Waals surface area contributed by atoms with Crippen LogP contribution in [0.5, 0.6) is 11.5 Å². The molecule has 0 fully saturated rings. The van der Waals surface area contributed by atoms with Crippen molar-refractivity contribution in [3.8, 4) is 11.5 Å². The van der Waals surface area contributed by atoms with Crippen LogP contribution in [0.4, 0.5) is 11.6 Å². The van der Waals surface area contributed by atoms with Crippen LogP contribution in [-0.4, -0.2) is 35.6 Å². The van der Waals surface area contributed by atoms with Crippen molar-refractivity contribution in [2.45, 2.75) is 6.92 Å². The summed E-state index contributed by atoms with van der Waals surface area (Å²) in [6, 6.07) is 10.2. The van der Waals surface area contributed by atoms with E-state index in [2.05, 4.69) is 4.98 Å². The Balaban J connectivity index is 1.73. The van der Waals surface area contributed by atoms with E-state index in [4.69, 9.17) is 9.47 Å². The Morgan fingerprint density at radius 3 is 2.75 bits per heavy atom. The number of hydrogen-bond donors (Lipinski definition) is 0. The molecule has 0 atom stereocenters. The first-order valence-electron chi connectivity index (χ1n) is 7.32. The molecule has 0 saturated heterocycles. The van der Waals surface area contributed by atoms with E-state index in [1.54, 1.807) is 0 Å². The molecule has 1 aromatic heterocycles. The molecular weight excluding hydrogens is 314 g/mol. The van der Waals surface area contributed by atoms with Crippen molar-refractivity contribution in [3.63, 3.8) is 0 Å². The van der Waals surface area contributed by atoms with Crippen LogP contribution in [0.2, 0.25) is 0 Å². The van der Waals surface area contributed by atoms with Gasteiger partial charge in [-0.1, -0.05) is 17.7 Å². The van der Waals surface area contributed by atoms with E-state index in [0.29, 0.717) is 11.5 Å². The number of anilines is 1. The van der Waals surface area contributed by atoms with Gasteiger partial charge in [0, 0.05) is 6.07 Å². The lowest BCUT2D eigenvalue weighted by Gasteiger charge is -2.25. The molecular formula is C16H15N3O5. The Labute approximate surface area is 137 Å². The quantitative estimate of drug-likeness (QED) is 0.616. The summed E-state index contributed by atoms with van der Waals surface area (Å²) in [5, 5.41) is 10.9. The number of nitrogens with zero attached hydrogens (tertiary/aromatic N) is 3. The molecule has 0 N–H and O–H groups in total. The number of aromatic nitrogens is 1. The minimum absolute atomic E-state index is 0.128. The summed E-state index contributed by atoms with van der Waals surface area (Å²) in [5.74, 6) is 0.525. The molecule has 8 nitrogen and oxygen atoms in total. The van der Waals surface area contributed by atoms with Crippen LogP contribution in [-0.2, 0) is 4.79 Å². The van der Waals surface area contributed by atoms with E-state index in [1.807, 2.05) is 31.2 Å². The maximum atomic E-state index is 12.1. The van der Waals surface area contributed by atoms with Crippen LogP contribution in [0, 0.1) is 17.0 Å². The molecule has 0 aliphatic carbocycles. The third-order valence-electron chi connectivity index (χ3n) is 3.52. The van der Waals surface area contributed by atoms with E-state index < -0.39 is 4.92 Å². The fraction of sp³-hybridized carbons (Fsp3) is 0.250. The average molecular weight is 329 g/mol. The summed E-state index contributed by atoms with van der Waals surface area (Å²) in [7, 11) is 0. The first kappa shape index (κ1) is 15.7. The van der Waals surface area contributed by atoms with Crippen molar-refractivity contribution in [3.05, 3.63) is 52.1 Å². The number of ether oxygens (including phenoxy) is 2. The third-order valence-corrected chi connectivity index (χ3v) is 3.52. The molecule has 1 aliphatic rings. The van der Waals surface area contributed by atoms with Gasteiger partial charge in [-0.15, -0.1) is 0 Å². The van der Waals surface area contributed by atoms with Gasteiger partial charge in [0.05, 0.1) is 6.54 Å². The van der Waals surface area contributed by atoms with E-state index in [1.165, 1.54) is 17.0 Å². The van der Waals surface area contributed by atoms with Crippen LogP contribution in [0.1, 0.15) is 5.56 Å². The number of carbonyl (C=O) groups excluding carboxylic acids is 1. The fourth-order valence-electron chi connectivity index (χ4n) is 2.29. The Hall–Kier alpha value is -3.16. The van der Waals surface area contributed by atoms with Crippen LogP contribution >= 0.6 is 0 Å². The lowest BCUT2D eigenvalue weighted by Crippen LogP contribution is -2.41. The van der Waals surface area contributed by atoms with Crippen LogP contribution in [0.15, 0.2) is 36.4 Å². The van der Waals surface area contributed by atoms with E-state index in [9.17, 15) is 14.9 Å². The molecule has 3 rings (SSSR count).